The third-order valence-electron chi connectivity index (χ3n) is 9.50. The summed E-state index contributed by atoms with van der Waals surface area (Å²) in [4.78, 5) is 0. The van der Waals surface area contributed by atoms with Crippen LogP contribution in [0.5, 0.6) is 0 Å². The average molecular weight is 693 g/mol. The highest BCUT2D eigenvalue weighted by atomic mass is 32.1. The average Bonchev–Trinajstić information content (AvgIpc) is 4.02. The van der Waals surface area contributed by atoms with Gasteiger partial charge in [0.25, 0.3) is 0 Å². The van der Waals surface area contributed by atoms with Gasteiger partial charge in [-0.25, -0.2) is 0 Å². The molecule has 244 valence electrons. The molecule has 3 N–H and O–H groups in total. The van der Waals surface area contributed by atoms with Gasteiger partial charge in [-0.1, -0.05) is 85.0 Å². The number of hydrogen-bond donors (Lipinski definition) is 3. The Kier molecular flexibility index (Phi) is 7.43. The first kappa shape index (κ1) is 30.0. The fourth-order valence-corrected chi connectivity index (χ4v) is 8.49. The first-order valence-electron chi connectivity index (χ1n) is 15.9. The number of rotatable bonds is 6. The molecule has 10 rings (SSSR count). The highest BCUT2D eigenvalue weighted by Crippen LogP contribution is 2.44. The van der Waals surface area contributed by atoms with Crippen molar-refractivity contribution in [1.82, 2.24) is 61.2 Å². The molecule has 0 fully saturated rings. The second-order valence-electron chi connectivity index (χ2n) is 12.1. The van der Waals surface area contributed by atoms with E-state index in [1.54, 1.807) is 33.7 Å². The molecular weight excluding hydrogens is 665 g/mol. The summed E-state index contributed by atoms with van der Waals surface area (Å²) in [5, 5.41) is 49.5. The molecule has 0 saturated carbocycles. The van der Waals surface area contributed by atoms with E-state index in [0.29, 0.717) is 5.82 Å². The fraction of sp³-hybridized carbons (Fsp3) is 0.111. The minimum absolute atomic E-state index is 0.196. The highest BCUT2D eigenvalue weighted by molar-refractivity contribution is 7.08. The molecule has 2 unspecified atom stereocenters. The van der Waals surface area contributed by atoms with Crippen LogP contribution in [0, 0.1) is 0 Å². The summed E-state index contributed by atoms with van der Waals surface area (Å²) in [5.74, 6) is 1.23. The van der Waals surface area contributed by atoms with Gasteiger partial charge in [0.2, 0.25) is 5.82 Å². The van der Waals surface area contributed by atoms with Crippen LogP contribution in [-0.4, -0.2) is 61.2 Å². The lowest BCUT2D eigenvalue weighted by Crippen LogP contribution is -2.30. The van der Waals surface area contributed by atoms with Crippen molar-refractivity contribution in [2.45, 2.75) is 23.7 Å². The largest absolute Gasteiger partial charge is 0.281 e. The SMILES string of the molecule is C1=CC(c2ccccc2)(c2ccsc2)Cc2[nH]nc(-c3nn[nH]n3)c21.C1=CC(c2ccccc2)(c2ccsc2)Cc2[nH]nc(-n3cnnn3)c21. The van der Waals surface area contributed by atoms with Crippen molar-refractivity contribution in [1.29, 1.82) is 0 Å². The monoisotopic (exact) mass is 692 g/mol. The number of hydrogen-bond acceptors (Lipinski definition) is 10. The topological polar surface area (TPSA) is 155 Å². The number of nitrogens with zero attached hydrogens (tertiary/aromatic N) is 9. The lowest BCUT2D eigenvalue weighted by molar-refractivity contribution is 0.623. The second-order valence-corrected chi connectivity index (χ2v) is 13.7. The van der Waals surface area contributed by atoms with Crippen LogP contribution in [0.2, 0.25) is 0 Å². The Labute approximate surface area is 293 Å². The summed E-state index contributed by atoms with van der Waals surface area (Å²) in [7, 11) is 0. The molecule has 6 heterocycles. The van der Waals surface area contributed by atoms with Crippen molar-refractivity contribution in [2.75, 3.05) is 0 Å². The molecule has 50 heavy (non-hydrogen) atoms. The number of tetrazole rings is 2. The molecule has 2 aromatic carbocycles. The minimum atomic E-state index is -0.199. The fourth-order valence-electron chi connectivity index (χ4n) is 7.01. The van der Waals surface area contributed by atoms with E-state index in [2.05, 4.69) is 169 Å². The van der Waals surface area contributed by atoms with Crippen LogP contribution in [0.15, 0.2) is 113 Å². The van der Waals surface area contributed by atoms with Crippen molar-refractivity contribution >= 4 is 34.8 Å². The summed E-state index contributed by atoms with van der Waals surface area (Å²) in [5.41, 5.74) is 9.70. The summed E-state index contributed by atoms with van der Waals surface area (Å²) >= 11 is 3.44. The predicted octanol–water partition coefficient (Wildman–Crippen LogP) is 6.21. The number of aromatic nitrogens is 12. The Bertz CT molecular complexity index is 2200. The summed E-state index contributed by atoms with van der Waals surface area (Å²) < 4.78 is 1.58. The molecule has 0 aliphatic heterocycles. The van der Waals surface area contributed by atoms with E-state index >= 15 is 0 Å². The molecule has 0 spiro atoms. The zero-order chi connectivity index (χ0) is 33.4. The number of fused-ring (bicyclic) bond motifs is 2. The zero-order valence-electron chi connectivity index (χ0n) is 26.4. The van der Waals surface area contributed by atoms with Crippen molar-refractivity contribution in [3.8, 4) is 17.3 Å². The molecule has 6 aromatic heterocycles. The van der Waals surface area contributed by atoms with Crippen LogP contribution in [0.4, 0.5) is 0 Å². The number of benzene rings is 2. The van der Waals surface area contributed by atoms with Crippen molar-refractivity contribution < 1.29 is 0 Å². The number of H-pyrrole nitrogens is 3. The Morgan fingerprint density at radius 2 is 1.28 bits per heavy atom. The van der Waals surface area contributed by atoms with Crippen LogP contribution in [-0.2, 0) is 23.7 Å². The van der Waals surface area contributed by atoms with Crippen LogP contribution in [0.1, 0.15) is 44.8 Å². The third kappa shape index (κ3) is 5.04. The summed E-state index contributed by atoms with van der Waals surface area (Å²) in [6, 6.07) is 25.6. The molecule has 2 aliphatic rings. The second kappa shape index (κ2) is 12.4. The highest BCUT2D eigenvalue weighted by Gasteiger charge is 2.38. The van der Waals surface area contributed by atoms with Crippen molar-refractivity contribution in [2.24, 2.45) is 0 Å². The maximum atomic E-state index is 4.43. The molecule has 0 radical (unpaired) electrons. The van der Waals surface area contributed by atoms with Gasteiger partial charge in [0, 0.05) is 46.2 Å². The standard InChI is InChI=1S/2C18H14N6S/c1-2-4-13(5-3-1)18(14-7-9-25-11-14)8-6-15-16(10-18)20-21-17(15)24-12-19-22-23-24;1-2-4-12(5-3-1)18(13-7-9-25-11-13)8-6-14-15(10-18)19-20-16(14)17-21-23-24-22-17/h1-9,11-12H,10H2,(H,20,21);1-9,11H,10H2,(H,19,20)(H,21,22,23,24). The van der Waals surface area contributed by atoms with E-state index in [9.17, 15) is 0 Å². The van der Waals surface area contributed by atoms with Gasteiger partial charge >= 0.3 is 0 Å². The van der Waals surface area contributed by atoms with Crippen LogP contribution in [0.25, 0.3) is 29.5 Å². The van der Waals surface area contributed by atoms with E-state index in [1.807, 2.05) is 6.07 Å². The van der Waals surface area contributed by atoms with Crippen molar-refractivity contribution in [3.05, 3.63) is 158 Å². The lowest BCUT2D eigenvalue weighted by atomic mass is 9.69. The predicted molar refractivity (Wildman–Crippen MR) is 192 cm³/mol. The van der Waals surface area contributed by atoms with E-state index in [-0.39, 0.29) is 10.8 Å². The number of nitrogens with one attached hydrogen (secondary N) is 3. The summed E-state index contributed by atoms with van der Waals surface area (Å²) in [6.45, 7) is 0. The molecule has 8 aromatic rings. The smallest absolute Gasteiger partial charge is 0.225 e. The van der Waals surface area contributed by atoms with E-state index in [0.717, 1.165) is 46.9 Å². The third-order valence-corrected chi connectivity index (χ3v) is 10.9. The zero-order valence-corrected chi connectivity index (χ0v) is 28.0. The van der Waals surface area contributed by atoms with Gasteiger partial charge in [-0.2, -0.15) is 42.8 Å². The Morgan fingerprint density at radius 1 is 0.660 bits per heavy atom. The molecule has 2 aliphatic carbocycles. The van der Waals surface area contributed by atoms with Gasteiger partial charge < -0.3 is 0 Å². The Balaban J connectivity index is 0.000000135. The molecular formula is C36H28N12S2. The van der Waals surface area contributed by atoms with E-state index in [1.165, 1.54) is 22.3 Å². The van der Waals surface area contributed by atoms with Crippen LogP contribution in [0.3, 0.4) is 0 Å². The maximum absolute atomic E-state index is 4.43. The molecule has 14 heteroatoms. The van der Waals surface area contributed by atoms with Gasteiger partial charge in [-0.3, -0.25) is 10.2 Å². The Morgan fingerprint density at radius 3 is 1.84 bits per heavy atom. The first-order valence-corrected chi connectivity index (χ1v) is 17.8. The van der Waals surface area contributed by atoms with E-state index < -0.39 is 0 Å². The number of aromatic amines is 3. The maximum Gasteiger partial charge on any atom is 0.225 e. The summed E-state index contributed by atoms with van der Waals surface area (Å²) in [6.07, 6.45) is 12.0. The lowest BCUT2D eigenvalue weighted by Gasteiger charge is -2.33. The molecule has 0 bridgehead atoms. The molecule has 2 atom stereocenters. The van der Waals surface area contributed by atoms with Crippen molar-refractivity contribution in [3.63, 3.8) is 0 Å². The quantitative estimate of drug-likeness (QED) is 0.186. The van der Waals surface area contributed by atoms with E-state index in [4.69, 9.17) is 0 Å². The number of thiophene rings is 2. The normalized spacial score (nSPS) is 19.0. The Hall–Kier alpha value is -6.12. The molecule has 0 amide bonds. The molecule has 12 nitrogen and oxygen atoms in total. The van der Waals surface area contributed by atoms with Gasteiger partial charge in [0.05, 0.1) is 0 Å². The molecule has 0 saturated heterocycles. The van der Waals surface area contributed by atoms with Crippen LogP contribution < -0.4 is 0 Å². The van der Waals surface area contributed by atoms with Crippen LogP contribution >= 0.6 is 22.7 Å². The van der Waals surface area contributed by atoms with Gasteiger partial charge in [0.1, 0.15) is 12.0 Å². The van der Waals surface area contributed by atoms with Gasteiger partial charge in [-0.15, -0.1) is 15.3 Å². The minimum Gasteiger partial charge on any atom is -0.281 e. The first-order chi connectivity index (χ1) is 24.7. The van der Waals surface area contributed by atoms with Gasteiger partial charge in [0.15, 0.2) is 5.82 Å². The van der Waals surface area contributed by atoms with Gasteiger partial charge in [-0.05, 0) is 71.5 Å². The number of allylic oxidation sites excluding steroid dienone is 2.